The molecule has 0 aliphatic rings. The Kier molecular flexibility index (Phi) is 4.97. The SMILES string of the molecule is CCCCNc1nc(N)c2nc(Br)n(PI)c2n1. The summed E-state index contributed by atoms with van der Waals surface area (Å²) >= 11 is 5.68. The molecule has 98 valence electrons. The Balaban J connectivity index is 2.39. The molecule has 0 amide bonds. The first-order chi connectivity index (χ1) is 8.67. The summed E-state index contributed by atoms with van der Waals surface area (Å²) in [5, 5.41) is 3.18. The third-order valence-electron chi connectivity index (χ3n) is 2.39. The quantitative estimate of drug-likeness (QED) is 0.321. The molecule has 9 heteroatoms. The lowest BCUT2D eigenvalue weighted by molar-refractivity contribution is 0.827. The number of imidazole rings is 1. The number of rotatable bonds is 5. The van der Waals surface area contributed by atoms with E-state index in [1.807, 2.05) is 4.34 Å². The van der Waals surface area contributed by atoms with Gasteiger partial charge in [0.05, 0.1) is 6.37 Å². The summed E-state index contributed by atoms with van der Waals surface area (Å²) in [4.78, 5) is 13.0. The van der Waals surface area contributed by atoms with Crippen LogP contribution in [0.1, 0.15) is 19.8 Å². The van der Waals surface area contributed by atoms with Crippen LogP contribution in [-0.2, 0) is 0 Å². The topological polar surface area (TPSA) is 81.6 Å². The van der Waals surface area contributed by atoms with Crippen molar-refractivity contribution in [2.45, 2.75) is 19.8 Å². The zero-order valence-corrected chi connectivity index (χ0v) is 14.5. The molecule has 3 N–H and O–H groups in total. The summed E-state index contributed by atoms with van der Waals surface area (Å²) in [6.07, 6.45) is 2.72. The van der Waals surface area contributed by atoms with Crippen molar-refractivity contribution in [1.82, 2.24) is 19.3 Å². The second-order valence-electron chi connectivity index (χ2n) is 3.69. The fourth-order valence-electron chi connectivity index (χ4n) is 1.48. The lowest BCUT2D eigenvalue weighted by atomic mass is 10.3. The second kappa shape index (κ2) is 6.29. The molecule has 2 aromatic rings. The van der Waals surface area contributed by atoms with Gasteiger partial charge >= 0.3 is 0 Å². The van der Waals surface area contributed by atoms with Gasteiger partial charge in [0.25, 0.3) is 0 Å². The van der Waals surface area contributed by atoms with Crippen LogP contribution in [0.25, 0.3) is 11.2 Å². The van der Waals surface area contributed by atoms with E-state index in [-0.39, 0.29) is 0 Å². The number of halogens is 2. The van der Waals surface area contributed by atoms with Crippen molar-refractivity contribution in [3.05, 3.63) is 4.73 Å². The highest BCUT2D eigenvalue weighted by atomic mass is 127. The van der Waals surface area contributed by atoms with E-state index in [4.69, 9.17) is 5.73 Å². The van der Waals surface area contributed by atoms with Crippen molar-refractivity contribution in [3.8, 4) is 0 Å². The average Bonchev–Trinajstić information content (AvgIpc) is 2.66. The molecule has 2 rings (SSSR count). The fourth-order valence-corrected chi connectivity index (χ4v) is 4.82. The molecule has 0 aliphatic carbocycles. The van der Waals surface area contributed by atoms with Crippen molar-refractivity contribution in [1.29, 1.82) is 0 Å². The third kappa shape index (κ3) is 2.85. The van der Waals surface area contributed by atoms with Crippen LogP contribution in [0.15, 0.2) is 4.73 Å². The zero-order valence-electron chi connectivity index (χ0n) is 9.74. The number of nitrogens with one attached hydrogen (secondary N) is 1. The van der Waals surface area contributed by atoms with Crippen molar-refractivity contribution >= 4 is 67.3 Å². The van der Waals surface area contributed by atoms with Gasteiger partial charge in [-0.25, -0.2) is 4.98 Å². The first kappa shape index (κ1) is 14.2. The molecular weight excluding hydrogens is 430 g/mol. The number of anilines is 2. The molecule has 2 heterocycles. The first-order valence-electron chi connectivity index (χ1n) is 5.49. The van der Waals surface area contributed by atoms with Crippen molar-refractivity contribution in [2.24, 2.45) is 0 Å². The molecule has 0 aliphatic heterocycles. The lowest BCUT2D eigenvalue weighted by Crippen LogP contribution is -2.07. The minimum Gasteiger partial charge on any atom is -0.382 e. The highest BCUT2D eigenvalue weighted by Gasteiger charge is 2.14. The number of nitrogens with two attached hydrogens (primary N) is 1. The maximum atomic E-state index is 5.91. The lowest BCUT2D eigenvalue weighted by Gasteiger charge is -2.05. The molecule has 0 aromatic carbocycles. The molecule has 6 nitrogen and oxygen atoms in total. The fraction of sp³-hybridized carbons (Fsp3) is 0.444. The number of aromatic nitrogens is 4. The molecule has 18 heavy (non-hydrogen) atoms. The highest BCUT2D eigenvalue weighted by molar-refractivity contribution is 14.2. The van der Waals surface area contributed by atoms with Crippen LogP contribution < -0.4 is 11.1 Å². The molecule has 1 atom stereocenters. The summed E-state index contributed by atoms with van der Waals surface area (Å²) in [7, 11) is 0. The van der Waals surface area contributed by atoms with Crippen LogP contribution in [0.3, 0.4) is 0 Å². The van der Waals surface area contributed by atoms with E-state index in [9.17, 15) is 0 Å². The summed E-state index contributed by atoms with van der Waals surface area (Å²) in [5.41, 5.74) is 7.32. The van der Waals surface area contributed by atoms with E-state index >= 15 is 0 Å². The van der Waals surface area contributed by atoms with Gasteiger partial charge in [-0.2, -0.15) is 9.97 Å². The largest absolute Gasteiger partial charge is 0.382 e. The normalized spacial score (nSPS) is 11.7. The monoisotopic (exact) mass is 442 g/mol. The van der Waals surface area contributed by atoms with E-state index in [0.717, 1.165) is 29.8 Å². The Bertz CT molecular complexity index is 559. The predicted molar refractivity (Wildman–Crippen MR) is 88.6 cm³/mol. The van der Waals surface area contributed by atoms with Gasteiger partial charge in [-0.1, -0.05) is 13.3 Å². The van der Waals surface area contributed by atoms with Crippen molar-refractivity contribution in [3.63, 3.8) is 0 Å². The van der Waals surface area contributed by atoms with Gasteiger partial charge in [0.2, 0.25) is 5.95 Å². The summed E-state index contributed by atoms with van der Waals surface area (Å²) in [6, 6.07) is 0. The van der Waals surface area contributed by atoms with Gasteiger partial charge in [0.15, 0.2) is 21.7 Å². The Hall–Kier alpha value is -0.210. The minimum atomic E-state index is 0.410. The van der Waals surface area contributed by atoms with E-state index < -0.39 is 0 Å². The van der Waals surface area contributed by atoms with Crippen molar-refractivity contribution in [2.75, 3.05) is 17.6 Å². The van der Waals surface area contributed by atoms with E-state index in [0.29, 0.717) is 23.7 Å². The maximum absolute atomic E-state index is 5.91. The second-order valence-corrected chi connectivity index (χ2v) is 6.46. The van der Waals surface area contributed by atoms with Gasteiger partial charge in [-0.15, -0.1) is 0 Å². The van der Waals surface area contributed by atoms with Gasteiger partial charge in [-0.3, -0.25) is 4.34 Å². The Morgan fingerprint density at radius 2 is 2.22 bits per heavy atom. The number of fused-ring (bicyclic) bond motifs is 1. The highest BCUT2D eigenvalue weighted by Crippen LogP contribution is 2.34. The van der Waals surface area contributed by atoms with Gasteiger partial charge in [0.1, 0.15) is 0 Å². The van der Waals surface area contributed by atoms with Crippen LogP contribution in [-0.4, -0.2) is 25.8 Å². The number of hydrogen-bond acceptors (Lipinski definition) is 5. The van der Waals surface area contributed by atoms with Crippen LogP contribution in [0, 0.1) is 0 Å². The van der Waals surface area contributed by atoms with E-state index in [1.165, 1.54) is 0 Å². The first-order valence-corrected chi connectivity index (χ1v) is 10.3. The number of nitrogens with zero attached hydrogens (tertiary/aromatic N) is 4. The standard InChI is InChI=1S/C9H13BrIN6P/c1-2-3-4-13-9-15-6(12)5-7(16-9)17(18-11)8(10)14-5/h18H,2-4H2,1H3,(H3,12,13,15,16). The Labute approximate surface area is 128 Å². The molecular formula is C9H13BrIN6P. The average molecular weight is 443 g/mol. The Morgan fingerprint density at radius 3 is 2.89 bits per heavy atom. The van der Waals surface area contributed by atoms with Gasteiger partial charge in [0, 0.05) is 6.54 Å². The molecule has 2 aromatic heterocycles. The van der Waals surface area contributed by atoms with Crippen LogP contribution in [0.4, 0.5) is 11.8 Å². The third-order valence-corrected chi connectivity index (χ3v) is 5.29. The molecule has 0 bridgehead atoms. The molecule has 0 radical (unpaired) electrons. The van der Waals surface area contributed by atoms with Gasteiger partial charge in [-0.05, 0) is 44.4 Å². The minimum absolute atomic E-state index is 0.410. The van der Waals surface area contributed by atoms with Crippen LogP contribution >= 0.6 is 44.3 Å². The van der Waals surface area contributed by atoms with Crippen LogP contribution in [0.2, 0.25) is 0 Å². The summed E-state index contributed by atoms with van der Waals surface area (Å²) in [6.45, 7) is 2.99. The van der Waals surface area contributed by atoms with Crippen molar-refractivity contribution < 1.29 is 0 Å². The number of hydrogen-bond donors (Lipinski definition) is 2. The van der Waals surface area contributed by atoms with Crippen LogP contribution in [0.5, 0.6) is 0 Å². The molecule has 0 saturated heterocycles. The molecule has 1 unspecified atom stereocenters. The summed E-state index contributed by atoms with van der Waals surface area (Å²) < 4.78 is 2.70. The molecule has 0 fully saturated rings. The van der Waals surface area contributed by atoms with Gasteiger partial charge < -0.3 is 11.1 Å². The maximum Gasteiger partial charge on any atom is 0.226 e. The van der Waals surface area contributed by atoms with E-state index in [2.05, 4.69) is 65.2 Å². The molecule has 0 saturated carbocycles. The Morgan fingerprint density at radius 1 is 1.44 bits per heavy atom. The number of nitrogen functional groups attached to an aromatic ring is 1. The zero-order chi connectivity index (χ0) is 13.1. The van der Waals surface area contributed by atoms with E-state index in [1.54, 1.807) is 0 Å². The predicted octanol–water partition coefficient (Wildman–Crippen LogP) is 3.17. The number of unbranched alkanes of at least 4 members (excludes halogenated alkanes) is 1. The molecule has 0 spiro atoms. The smallest absolute Gasteiger partial charge is 0.226 e. The summed E-state index contributed by atoms with van der Waals surface area (Å²) in [5.74, 6) is 0.977.